The molecule has 0 saturated carbocycles. The average Bonchev–Trinajstić information content (AvgIpc) is 3.33. The third kappa shape index (κ3) is 6.57. The van der Waals surface area contributed by atoms with Crippen LogP contribution in [0.4, 0.5) is 30.6 Å². The molecule has 214 valence electrons. The average molecular weight is 563 g/mol. The van der Waals surface area contributed by atoms with Crippen molar-refractivity contribution in [2.45, 2.75) is 52.5 Å². The van der Waals surface area contributed by atoms with Crippen molar-refractivity contribution in [3.63, 3.8) is 0 Å². The first-order chi connectivity index (χ1) is 19.6. The maximum atomic E-state index is 13.0. The van der Waals surface area contributed by atoms with Crippen LogP contribution in [-0.4, -0.2) is 54.6 Å². The molecule has 0 amide bonds. The Morgan fingerprint density at radius 2 is 1.68 bits per heavy atom. The third-order valence-corrected chi connectivity index (χ3v) is 6.95. The van der Waals surface area contributed by atoms with Crippen LogP contribution in [0.2, 0.25) is 0 Å². The predicted molar refractivity (Wildman–Crippen MR) is 156 cm³/mol. The number of nitrogens with zero attached hydrogens (tertiary/aromatic N) is 6. The number of hydrogen-bond acceptors (Lipinski definition) is 7. The maximum absolute atomic E-state index is 13.0. The van der Waals surface area contributed by atoms with Gasteiger partial charge >= 0.3 is 6.18 Å². The van der Waals surface area contributed by atoms with E-state index in [1.807, 2.05) is 34.9 Å². The van der Waals surface area contributed by atoms with Gasteiger partial charge in [0.15, 0.2) is 17.0 Å². The number of imidazole rings is 1. The smallest absolute Gasteiger partial charge is 0.367 e. The molecule has 11 heteroatoms. The molecule has 2 N–H and O–H groups in total. The van der Waals surface area contributed by atoms with Crippen molar-refractivity contribution in [1.29, 1.82) is 0 Å². The minimum absolute atomic E-state index is 0.306. The lowest BCUT2D eigenvalue weighted by Crippen LogP contribution is -2.40. The Hall–Kier alpha value is -4.25. The standard InChI is InChI=1S/C30H33F3N8/c1-19(2)41(20(3)4)15-14-35-27-26-28(40(18-36-26)17-21-7-9-23(10-8-21)30(31,32)33)39-29(38-27)37-24-11-12-25-22(16-24)6-5-13-34-25/h5-13,16,18-20H,14-15,17H2,1-4H3,(H2,35,37,38,39). The van der Waals surface area contributed by atoms with Crippen LogP contribution in [0.1, 0.15) is 38.8 Å². The summed E-state index contributed by atoms with van der Waals surface area (Å²) < 4.78 is 41.0. The molecule has 0 atom stereocenters. The number of hydrogen-bond donors (Lipinski definition) is 2. The first-order valence-corrected chi connectivity index (χ1v) is 13.6. The number of aromatic nitrogens is 5. The summed E-state index contributed by atoms with van der Waals surface area (Å²) in [6.45, 7) is 10.5. The van der Waals surface area contributed by atoms with Gasteiger partial charge in [0.25, 0.3) is 0 Å². The Morgan fingerprint density at radius 3 is 2.39 bits per heavy atom. The minimum atomic E-state index is -4.38. The molecule has 8 nitrogen and oxygen atoms in total. The van der Waals surface area contributed by atoms with E-state index in [0.29, 0.717) is 53.7 Å². The molecule has 5 rings (SSSR count). The third-order valence-electron chi connectivity index (χ3n) is 6.95. The fourth-order valence-corrected chi connectivity index (χ4v) is 4.93. The van der Waals surface area contributed by atoms with Crippen molar-refractivity contribution in [1.82, 2.24) is 29.4 Å². The van der Waals surface area contributed by atoms with E-state index in [-0.39, 0.29) is 0 Å². The summed E-state index contributed by atoms with van der Waals surface area (Å²) in [5.41, 5.74) is 2.86. The van der Waals surface area contributed by atoms with Gasteiger partial charge in [-0.1, -0.05) is 18.2 Å². The highest BCUT2D eigenvalue weighted by atomic mass is 19.4. The Bertz CT molecular complexity index is 1620. The number of benzene rings is 2. The van der Waals surface area contributed by atoms with Gasteiger partial charge in [0.1, 0.15) is 0 Å². The minimum Gasteiger partial charge on any atom is -0.367 e. The lowest BCUT2D eigenvalue weighted by molar-refractivity contribution is -0.137. The van der Waals surface area contributed by atoms with Gasteiger partial charge in [-0.05, 0) is 69.7 Å². The molecule has 3 heterocycles. The maximum Gasteiger partial charge on any atom is 0.416 e. The second-order valence-electron chi connectivity index (χ2n) is 10.5. The van der Waals surface area contributed by atoms with E-state index in [2.05, 4.69) is 53.2 Å². The molecular formula is C30H33F3N8. The lowest BCUT2D eigenvalue weighted by Gasteiger charge is -2.30. The van der Waals surface area contributed by atoms with Gasteiger partial charge in [-0.2, -0.15) is 23.1 Å². The van der Waals surface area contributed by atoms with Gasteiger partial charge in [0, 0.05) is 42.4 Å². The topological polar surface area (TPSA) is 83.8 Å². The predicted octanol–water partition coefficient (Wildman–Crippen LogP) is 6.72. The van der Waals surface area contributed by atoms with Crippen molar-refractivity contribution in [2.75, 3.05) is 23.7 Å². The van der Waals surface area contributed by atoms with Gasteiger partial charge in [0.2, 0.25) is 5.95 Å². The highest BCUT2D eigenvalue weighted by Gasteiger charge is 2.30. The van der Waals surface area contributed by atoms with Crippen LogP contribution in [0.5, 0.6) is 0 Å². The first kappa shape index (κ1) is 28.3. The van der Waals surface area contributed by atoms with Crippen molar-refractivity contribution < 1.29 is 13.2 Å². The van der Waals surface area contributed by atoms with Crippen molar-refractivity contribution in [3.05, 3.63) is 78.2 Å². The highest BCUT2D eigenvalue weighted by molar-refractivity contribution is 5.86. The molecule has 0 aliphatic rings. The molecule has 0 fully saturated rings. The molecule has 0 aliphatic heterocycles. The monoisotopic (exact) mass is 562 g/mol. The fourth-order valence-electron chi connectivity index (χ4n) is 4.93. The molecule has 0 radical (unpaired) electrons. The number of nitrogens with one attached hydrogen (secondary N) is 2. The molecule has 0 saturated heterocycles. The number of fused-ring (bicyclic) bond motifs is 2. The zero-order valence-corrected chi connectivity index (χ0v) is 23.4. The molecule has 5 aromatic rings. The Balaban J connectivity index is 1.46. The van der Waals surface area contributed by atoms with Crippen LogP contribution in [-0.2, 0) is 12.7 Å². The molecule has 0 unspecified atom stereocenters. The van der Waals surface area contributed by atoms with E-state index < -0.39 is 11.7 Å². The highest BCUT2D eigenvalue weighted by Crippen LogP contribution is 2.30. The zero-order chi connectivity index (χ0) is 29.1. The second-order valence-corrected chi connectivity index (χ2v) is 10.5. The fraction of sp³-hybridized carbons (Fsp3) is 0.333. The van der Waals surface area contributed by atoms with E-state index in [4.69, 9.17) is 9.97 Å². The molecule has 0 spiro atoms. The van der Waals surface area contributed by atoms with Crippen LogP contribution < -0.4 is 10.6 Å². The van der Waals surface area contributed by atoms with E-state index in [0.717, 1.165) is 35.3 Å². The Kier molecular flexibility index (Phi) is 8.07. The van der Waals surface area contributed by atoms with Crippen LogP contribution >= 0.6 is 0 Å². The summed E-state index contributed by atoms with van der Waals surface area (Å²) in [4.78, 5) is 20.8. The largest absolute Gasteiger partial charge is 0.416 e. The van der Waals surface area contributed by atoms with Gasteiger partial charge in [-0.15, -0.1) is 0 Å². The van der Waals surface area contributed by atoms with E-state index >= 15 is 0 Å². The zero-order valence-electron chi connectivity index (χ0n) is 23.4. The summed E-state index contributed by atoms with van der Waals surface area (Å²) in [7, 11) is 0. The summed E-state index contributed by atoms with van der Waals surface area (Å²) in [6.07, 6.45) is -0.988. The van der Waals surface area contributed by atoms with Gasteiger partial charge in [0.05, 0.1) is 24.0 Å². The molecule has 2 aromatic carbocycles. The van der Waals surface area contributed by atoms with Crippen molar-refractivity contribution in [3.8, 4) is 0 Å². The Labute approximate surface area is 236 Å². The lowest BCUT2D eigenvalue weighted by atomic mass is 10.1. The molecular weight excluding hydrogens is 529 g/mol. The van der Waals surface area contributed by atoms with Crippen LogP contribution in [0.15, 0.2) is 67.1 Å². The number of anilines is 3. The normalized spacial score (nSPS) is 12.2. The second kappa shape index (κ2) is 11.7. The van der Waals surface area contributed by atoms with Crippen molar-refractivity contribution >= 4 is 39.5 Å². The number of alkyl halides is 3. The van der Waals surface area contributed by atoms with Gasteiger partial charge in [-0.3, -0.25) is 9.88 Å². The number of halogens is 3. The molecule has 0 bridgehead atoms. The van der Waals surface area contributed by atoms with Crippen LogP contribution in [0, 0.1) is 0 Å². The van der Waals surface area contributed by atoms with E-state index in [1.165, 1.54) is 12.1 Å². The molecule has 3 aromatic heterocycles. The van der Waals surface area contributed by atoms with Crippen molar-refractivity contribution in [2.24, 2.45) is 0 Å². The summed E-state index contributed by atoms with van der Waals surface area (Å²) >= 11 is 0. The number of pyridine rings is 1. The SMILES string of the molecule is CC(C)N(CCNc1nc(Nc2ccc3ncccc3c2)nc2c1ncn2Cc1ccc(C(F)(F)F)cc1)C(C)C. The summed E-state index contributed by atoms with van der Waals surface area (Å²) in [6, 6.07) is 15.6. The van der Waals surface area contributed by atoms with Crippen LogP contribution in [0.25, 0.3) is 22.1 Å². The van der Waals surface area contributed by atoms with Gasteiger partial charge in [-0.25, -0.2) is 4.98 Å². The summed E-state index contributed by atoms with van der Waals surface area (Å²) in [5.74, 6) is 0.959. The van der Waals surface area contributed by atoms with Gasteiger partial charge < -0.3 is 15.2 Å². The Morgan fingerprint density at radius 1 is 0.927 bits per heavy atom. The van der Waals surface area contributed by atoms with E-state index in [1.54, 1.807) is 12.5 Å². The van der Waals surface area contributed by atoms with E-state index in [9.17, 15) is 13.2 Å². The van der Waals surface area contributed by atoms with Crippen LogP contribution in [0.3, 0.4) is 0 Å². The molecule has 41 heavy (non-hydrogen) atoms. The number of rotatable bonds is 10. The molecule has 0 aliphatic carbocycles. The first-order valence-electron chi connectivity index (χ1n) is 13.6. The summed E-state index contributed by atoms with van der Waals surface area (Å²) in [5, 5.41) is 7.72. The quantitative estimate of drug-likeness (QED) is 0.196.